The van der Waals surface area contributed by atoms with E-state index in [4.69, 9.17) is 11.6 Å². The highest BCUT2D eigenvalue weighted by atomic mass is 35.5. The van der Waals surface area contributed by atoms with Crippen molar-refractivity contribution < 1.29 is 0 Å². The van der Waals surface area contributed by atoms with Crippen molar-refractivity contribution in [2.45, 2.75) is 19.9 Å². The van der Waals surface area contributed by atoms with Crippen molar-refractivity contribution in [3.63, 3.8) is 0 Å². The third-order valence-corrected chi connectivity index (χ3v) is 3.85. The first-order valence-electron chi connectivity index (χ1n) is 6.59. The first-order valence-corrected chi connectivity index (χ1v) is 6.96. The van der Waals surface area contributed by atoms with Crippen LogP contribution in [0.4, 0.5) is 11.4 Å². The van der Waals surface area contributed by atoms with Crippen LogP contribution in [0.15, 0.2) is 36.4 Å². The molecule has 2 aromatic rings. The van der Waals surface area contributed by atoms with E-state index in [1.807, 2.05) is 12.1 Å². The van der Waals surface area contributed by atoms with E-state index in [0.717, 1.165) is 30.2 Å². The molecule has 0 saturated carbocycles. The molecule has 3 rings (SSSR count). The van der Waals surface area contributed by atoms with E-state index >= 15 is 0 Å². The molecule has 2 nitrogen and oxygen atoms in total. The minimum absolute atomic E-state index is 0.770. The standard InChI is InChI=1S/C16H17ClN2/c1-11-5-6-14(17)15(9-11)19-10-13-4-2-3-12-7-8-18-16(12)13/h2-6,9,18-19H,7-8,10H2,1H3. The fourth-order valence-electron chi connectivity index (χ4n) is 2.52. The second kappa shape index (κ2) is 5.14. The molecule has 0 spiro atoms. The van der Waals surface area contributed by atoms with Crippen LogP contribution in [-0.4, -0.2) is 6.54 Å². The number of halogens is 1. The Bertz CT molecular complexity index is 608. The molecule has 0 unspecified atom stereocenters. The summed E-state index contributed by atoms with van der Waals surface area (Å²) in [5.74, 6) is 0. The van der Waals surface area contributed by atoms with Crippen molar-refractivity contribution in [1.29, 1.82) is 0 Å². The van der Waals surface area contributed by atoms with Crippen molar-refractivity contribution in [2.75, 3.05) is 17.2 Å². The van der Waals surface area contributed by atoms with E-state index < -0.39 is 0 Å². The fourth-order valence-corrected chi connectivity index (χ4v) is 2.71. The molecule has 0 amide bonds. The van der Waals surface area contributed by atoms with Gasteiger partial charge in [0, 0.05) is 18.8 Å². The molecule has 1 aliphatic heterocycles. The predicted molar refractivity (Wildman–Crippen MR) is 82.2 cm³/mol. The van der Waals surface area contributed by atoms with Crippen molar-refractivity contribution in [3.8, 4) is 0 Å². The summed E-state index contributed by atoms with van der Waals surface area (Å²) in [6, 6.07) is 12.5. The predicted octanol–water partition coefficient (Wildman–Crippen LogP) is 4.23. The van der Waals surface area contributed by atoms with Crippen LogP contribution >= 0.6 is 11.6 Å². The smallest absolute Gasteiger partial charge is 0.0637 e. The number of hydrogen-bond acceptors (Lipinski definition) is 2. The summed E-state index contributed by atoms with van der Waals surface area (Å²) in [7, 11) is 0. The molecule has 0 fully saturated rings. The quantitative estimate of drug-likeness (QED) is 0.874. The zero-order valence-corrected chi connectivity index (χ0v) is 11.7. The number of nitrogens with one attached hydrogen (secondary N) is 2. The average Bonchev–Trinajstić information content (AvgIpc) is 2.88. The average molecular weight is 273 g/mol. The lowest BCUT2D eigenvalue weighted by Gasteiger charge is -2.12. The molecule has 0 saturated heterocycles. The third-order valence-electron chi connectivity index (χ3n) is 3.52. The Morgan fingerprint density at radius 3 is 3.05 bits per heavy atom. The number of benzene rings is 2. The molecule has 19 heavy (non-hydrogen) atoms. The van der Waals surface area contributed by atoms with Gasteiger partial charge in [0.15, 0.2) is 0 Å². The Labute approximate surface area is 118 Å². The third kappa shape index (κ3) is 2.54. The molecule has 3 heteroatoms. The zero-order chi connectivity index (χ0) is 13.2. The molecule has 2 aromatic carbocycles. The number of para-hydroxylation sites is 1. The van der Waals surface area contributed by atoms with Gasteiger partial charge in [-0.2, -0.15) is 0 Å². The van der Waals surface area contributed by atoms with E-state index in [-0.39, 0.29) is 0 Å². The summed E-state index contributed by atoms with van der Waals surface area (Å²) in [4.78, 5) is 0. The van der Waals surface area contributed by atoms with Crippen LogP contribution in [-0.2, 0) is 13.0 Å². The van der Waals surface area contributed by atoms with Gasteiger partial charge in [-0.25, -0.2) is 0 Å². The summed E-state index contributed by atoms with van der Waals surface area (Å²) in [5, 5.41) is 7.66. The summed E-state index contributed by atoms with van der Waals surface area (Å²) in [6.07, 6.45) is 1.12. The first kappa shape index (κ1) is 12.4. The normalized spacial score (nSPS) is 12.9. The Morgan fingerprint density at radius 2 is 2.16 bits per heavy atom. The molecule has 0 aromatic heterocycles. The zero-order valence-electron chi connectivity index (χ0n) is 11.0. The van der Waals surface area contributed by atoms with Crippen LogP contribution in [0.5, 0.6) is 0 Å². The summed E-state index contributed by atoms with van der Waals surface area (Å²) in [5.41, 5.74) is 6.21. The van der Waals surface area contributed by atoms with Gasteiger partial charge in [-0.15, -0.1) is 0 Å². The van der Waals surface area contributed by atoms with Crippen LogP contribution in [0.1, 0.15) is 16.7 Å². The lowest BCUT2D eigenvalue weighted by Crippen LogP contribution is -2.03. The number of fused-ring (bicyclic) bond motifs is 1. The molecule has 1 aliphatic rings. The lowest BCUT2D eigenvalue weighted by molar-refractivity contribution is 1.11. The molecule has 2 N–H and O–H groups in total. The fraction of sp³-hybridized carbons (Fsp3) is 0.250. The van der Waals surface area contributed by atoms with Gasteiger partial charge >= 0.3 is 0 Å². The molecule has 0 radical (unpaired) electrons. The summed E-state index contributed by atoms with van der Waals surface area (Å²) in [6.45, 7) is 3.90. The van der Waals surface area contributed by atoms with E-state index in [0.29, 0.717) is 0 Å². The Balaban J connectivity index is 1.80. The van der Waals surface area contributed by atoms with Gasteiger partial charge in [0.25, 0.3) is 0 Å². The highest BCUT2D eigenvalue weighted by Crippen LogP contribution is 2.28. The molecule has 0 aliphatic carbocycles. The van der Waals surface area contributed by atoms with Crippen LogP contribution in [0, 0.1) is 6.92 Å². The molecule has 0 bridgehead atoms. The molecule has 0 atom stereocenters. The van der Waals surface area contributed by atoms with Crippen molar-refractivity contribution in [3.05, 3.63) is 58.1 Å². The Kier molecular flexibility index (Phi) is 3.34. The highest BCUT2D eigenvalue weighted by Gasteiger charge is 2.13. The van der Waals surface area contributed by atoms with Crippen LogP contribution < -0.4 is 10.6 Å². The lowest BCUT2D eigenvalue weighted by atomic mass is 10.1. The molecule has 98 valence electrons. The number of rotatable bonds is 3. The molecular formula is C16H17ClN2. The van der Waals surface area contributed by atoms with Crippen molar-refractivity contribution in [2.24, 2.45) is 0 Å². The minimum atomic E-state index is 0.770. The van der Waals surface area contributed by atoms with E-state index in [1.165, 1.54) is 22.4 Å². The van der Waals surface area contributed by atoms with Gasteiger partial charge in [-0.1, -0.05) is 35.9 Å². The van der Waals surface area contributed by atoms with Gasteiger partial charge in [-0.3, -0.25) is 0 Å². The maximum Gasteiger partial charge on any atom is 0.0637 e. The number of aryl methyl sites for hydroxylation is 1. The van der Waals surface area contributed by atoms with Gasteiger partial charge in [0.2, 0.25) is 0 Å². The topological polar surface area (TPSA) is 24.1 Å². The Hall–Kier alpha value is -1.67. The van der Waals surface area contributed by atoms with Crippen LogP contribution in [0.25, 0.3) is 0 Å². The Morgan fingerprint density at radius 1 is 1.26 bits per heavy atom. The van der Waals surface area contributed by atoms with Crippen LogP contribution in [0.3, 0.4) is 0 Å². The number of anilines is 2. The maximum absolute atomic E-state index is 6.20. The molecule has 1 heterocycles. The monoisotopic (exact) mass is 272 g/mol. The summed E-state index contributed by atoms with van der Waals surface area (Å²) < 4.78 is 0. The van der Waals surface area contributed by atoms with Gasteiger partial charge in [-0.05, 0) is 42.2 Å². The van der Waals surface area contributed by atoms with E-state index in [1.54, 1.807) is 0 Å². The second-order valence-electron chi connectivity index (χ2n) is 4.96. The van der Waals surface area contributed by atoms with Gasteiger partial charge < -0.3 is 10.6 Å². The first-order chi connectivity index (χ1) is 9.24. The number of hydrogen-bond donors (Lipinski definition) is 2. The molecular weight excluding hydrogens is 256 g/mol. The summed E-state index contributed by atoms with van der Waals surface area (Å²) >= 11 is 6.20. The highest BCUT2D eigenvalue weighted by molar-refractivity contribution is 6.33. The van der Waals surface area contributed by atoms with Gasteiger partial charge in [0.05, 0.1) is 10.7 Å². The largest absolute Gasteiger partial charge is 0.384 e. The van der Waals surface area contributed by atoms with Crippen molar-refractivity contribution >= 4 is 23.0 Å². The van der Waals surface area contributed by atoms with E-state index in [9.17, 15) is 0 Å². The maximum atomic E-state index is 6.20. The van der Waals surface area contributed by atoms with Crippen molar-refractivity contribution in [1.82, 2.24) is 0 Å². The minimum Gasteiger partial charge on any atom is -0.384 e. The van der Waals surface area contributed by atoms with Gasteiger partial charge in [0.1, 0.15) is 0 Å². The van der Waals surface area contributed by atoms with E-state index in [2.05, 4.69) is 41.8 Å². The second-order valence-corrected chi connectivity index (χ2v) is 5.37. The van der Waals surface area contributed by atoms with Crippen LogP contribution in [0.2, 0.25) is 5.02 Å². The SMILES string of the molecule is Cc1ccc(Cl)c(NCc2cccc3c2NCC3)c1.